The minimum atomic E-state index is -1.01. The van der Waals surface area contributed by atoms with E-state index in [1.54, 1.807) is 30.3 Å². The standard InChI is InChI=1S/C21H18FNO5/c22-15-10-8-13(9-11-15)18-17(19(26)14-5-2-1-3-6-14)20(27)21(28)23(18)12-4-7-16(24)25/h1-3,5-6,8-11,18,26H,4,7,12H2,(H,24,25)/t18-/m1/s1. The number of carbonyl (C=O) groups is 3. The predicted octanol–water partition coefficient (Wildman–Crippen LogP) is 3.11. The zero-order chi connectivity index (χ0) is 20.3. The summed E-state index contributed by atoms with van der Waals surface area (Å²) in [4.78, 5) is 37.3. The topological polar surface area (TPSA) is 94.9 Å². The average molecular weight is 383 g/mol. The second kappa shape index (κ2) is 8.04. The van der Waals surface area contributed by atoms with Crippen LogP contribution in [0.15, 0.2) is 60.2 Å². The van der Waals surface area contributed by atoms with Crippen LogP contribution in [0.2, 0.25) is 0 Å². The van der Waals surface area contributed by atoms with Crippen LogP contribution in [0.1, 0.15) is 30.0 Å². The number of aliphatic carboxylic acids is 1. The summed E-state index contributed by atoms with van der Waals surface area (Å²) in [5.74, 6) is -3.49. The average Bonchev–Trinajstić information content (AvgIpc) is 2.93. The van der Waals surface area contributed by atoms with Crippen molar-refractivity contribution in [2.75, 3.05) is 6.54 Å². The Balaban J connectivity index is 2.08. The van der Waals surface area contributed by atoms with Crippen LogP contribution in [0.4, 0.5) is 4.39 Å². The van der Waals surface area contributed by atoms with Crippen molar-refractivity contribution in [3.8, 4) is 0 Å². The van der Waals surface area contributed by atoms with Crippen LogP contribution >= 0.6 is 0 Å². The molecular weight excluding hydrogens is 365 g/mol. The molecule has 28 heavy (non-hydrogen) atoms. The maximum Gasteiger partial charge on any atom is 0.303 e. The van der Waals surface area contributed by atoms with Crippen molar-refractivity contribution in [2.45, 2.75) is 18.9 Å². The first-order chi connectivity index (χ1) is 13.4. The lowest BCUT2D eigenvalue weighted by atomic mass is 9.95. The zero-order valence-electron chi connectivity index (χ0n) is 14.8. The van der Waals surface area contributed by atoms with Gasteiger partial charge in [-0.2, -0.15) is 0 Å². The van der Waals surface area contributed by atoms with Crippen molar-refractivity contribution in [2.24, 2.45) is 0 Å². The van der Waals surface area contributed by atoms with Crippen LogP contribution in [-0.2, 0) is 14.4 Å². The van der Waals surface area contributed by atoms with E-state index in [4.69, 9.17) is 5.11 Å². The highest BCUT2D eigenvalue weighted by Crippen LogP contribution is 2.39. The van der Waals surface area contributed by atoms with Crippen LogP contribution in [0, 0.1) is 5.82 Å². The predicted molar refractivity (Wildman–Crippen MR) is 98.7 cm³/mol. The molecule has 0 saturated carbocycles. The van der Waals surface area contributed by atoms with Gasteiger partial charge >= 0.3 is 5.97 Å². The molecule has 6 nitrogen and oxygen atoms in total. The number of carboxylic acids is 1. The molecule has 1 aliphatic heterocycles. The van der Waals surface area contributed by atoms with E-state index >= 15 is 0 Å². The van der Waals surface area contributed by atoms with E-state index in [0.29, 0.717) is 11.1 Å². The Labute approximate surface area is 160 Å². The zero-order valence-corrected chi connectivity index (χ0v) is 14.8. The Morgan fingerprint density at radius 3 is 2.25 bits per heavy atom. The van der Waals surface area contributed by atoms with E-state index in [-0.39, 0.29) is 30.7 Å². The number of nitrogens with zero attached hydrogens (tertiary/aromatic N) is 1. The summed E-state index contributed by atoms with van der Waals surface area (Å²) in [5.41, 5.74) is 0.727. The number of hydrogen-bond acceptors (Lipinski definition) is 4. The van der Waals surface area contributed by atoms with Crippen LogP contribution in [0.25, 0.3) is 5.76 Å². The molecule has 0 bridgehead atoms. The van der Waals surface area contributed by atoms with E-state index in [2.05, 4.69) is 0 Å². The molecule has 1 heterocycles. The summed E-state index contributed by atoms with van der Waals surface area (Å²) in [5, 5.41) is 19.6. The number of likely N-dealkylation sites (tertiary alicyclic amines) is 1. The normalized spacial score (nSPS) is 18.5. The van der Waals surface area contributed by atoms with E-state index in [0.717, 1.165) is 0 Å². The number of Topliss-reactive ketones (excluding diaryl/α,β-unsaturated/α-hetero) is 1. The van der Waals surface area contributed by atoms with Crippen molar-refractivity contribution < 1.29 is 29.0 Å². The molecule has 0 aromatic heterocycles. The van der Waals surface area contributed by atoms with Gasteiger partial charge in [-0.05, 0) is 24.1 Å². The molecule has 7 heteroatoms. The first-order valence-electron chi connectivity index (χ1n) is 8.71. The van der Waals surface area contributed by atoms with Crippen LogP contribution in [0.5, 0.6) is 0 Å². The van der Waals surface area contributed by atoms with E-state index in [1.165, 1.54) is 29.2 Å². The van der Waals surface area contributed by atoms with Crippen molar-refractivity contribution in [1.29, 1.82) is 0 Å². The van der Waals surface area contributed by atoms with Crippen LogP contribution < -0.4 is 0 Å². The van der Waals surface area contributed by atoms with Gasteiger partial charge in [0.25, 0.3) is 11.7 Å². The highest BCUT2D eigenvalue weighted by molar-refractivity contribution is 6.46. The van der Waals surface area contributed by atoms with E-state index in [9.17, 15) is 23.9 Å². The summed E-state index contributed by atoms with van der Waals surface area (Å²) in [6.07, 6.45) is -0.0246. The molecule has 1 saturated heterocycles. The molecule has 0 unspecified atom stereocenters. The van der Waals surface area contributed by atoms with Gasteiger partial charge in [0.05, 0.1) is 11.6 Å². The number of ketones is 1. The monoisotopic (exact) mass is 383 g/mol. The second-order valence-electron chi connectivity index (χ2n) is 6.41. The van der Waals surface area contributed by atoms with Gasteiger partial charge in [0, 0.05) is 18.5 Å². The van der Waals surface area contributed by atoms with Gasteiger partial charge < -0.3 is 15.1 Å². The largest absolute Gasteiger partial charge is 0.507 e. The fourth-order valence-electron chi connectivity index (χ4n) is 3.25. The highest BCUT2D eigenvalue weighted by atomic mass is 19.1. The lowest BCUT2D eigenvalue weighted by Gasteiger charge is -2.25. The van der Waals surface area contributed by atoms with Gasteiger partial charge in [-0.25, -0.2) is 4.39 Å². The summed E-state index contributed by atoms with van der Waals surface area (Å²) in [6.45, 7) is 0.0183. The molecule has 1 amide bonds. The fraction of sp³-hybridized carbons (Fsp3) is 0.190. The molecular formula is C21H18FNO5. The molecule has 1 aliphatic rings. The molecule has 2 aromatic carbocycles. The Bertz CT molecular complexity index is 937. The minimum Gasteiger partial charge on any atom is -0.507 e. The van der Waals surface area contributed by atoms with Crippen molar-refractivity contribution >= 4 is 23.4 Å². The number of carbonyl (C=O) groups excluding carboxylic acids is 2. The third kappa shape index (κ3) is 3.78. The Kier molecular flexibility index (Phi) is 5.54. The van der Waals surface area contributed by atoms with E-state index in [1.807, 2.05) is 0 Å². The Morgan fingerprint density at radius 2 is 1.64 bits per heavy atom. The van der Waals surface area contributed by atoms with Crippen molar-refractivity contribution in [3.05, 3.63) is 77.1 Å². The number of aliphatic hydroxyl groups excluding tert-OH is 1. The molecule has 1 fully saturated rings. The lowest BCUT2D eigenvalue weighted by Crippen LogP contribution is -2.31. The lowest BCUT2D eigenvalue weighted by molar-refractivity contribution is -0.140. The number of rotatable bonds is 6. The molecule has 0 spiro atoms. The quantitative estimate of drug-likeness (QED) is 0.454. The van der Waals surface area contributed by atoms with E-state index < -0.39 is 29.5 Å². The third-order valence-electron chi connectivity index (χ3n) is 4.56. The maximum atomic E-state index is 13.4. The van der Waals surface area contributed by atoms with Gasteiger partial charge in [0.2, 0.25) is 0 Å². The smallest absolute Gasteiger partial charge is 0.303 e. The third-order valence-corrected chi connectivity index (χ3v) is 4.56. The number of halogens is 1. The highest BCUT2D eigenvalue weighted by Gasteiger charge is 2.45. The van der Waals surface area contributed by atoms with Gasteiger partial charge in [0.15, 0.2) is 0 Å². The summed E-state index contributed by atoms with van der Waals surface area (Å²) in [7, 11) is 0. The van der Waals surface area contributed by atoms with Gasteiger partial charge in [-0.3, -0.25) is 14.4 Å². The molecule has 2 N–H and O–H groups in total. The Hall–Kier alpha value is -3.48. The summed E-state index contributed by atoms with van der Waals surface area (Å²) < 4.78 is 13.4. The number of carboxylic acid groups (broad SMARTS) is 1. The summed E-state index contributed by atoms with van der Waals surface area (Å²) in [6, 6.07) is 12.7. The van der Waals surface area contributed by atoms with Gasteiger partial charge in [-0.15, -0.1) is 0 Å². The fourth-order valence-corrected chi connectivity index (χ4v) is 3.25. The van der Waals surface area contributed by atoms with Crippen molar-refractivity contribution in [1.82, 2.24) is 4.90 Å². The molecule has 144 valence electrons. The van der Waals surface area contributed by atoms with Gasteiger partial charge in [0.1, 0.15) is 11.6 Å². The molecule has 0 radical (unpaired) electrons. The number of hydrogen-bond donors (Lipinski definition) is 2. The SMILES string of the molecule is O=C(O)CCCN1C(=O)C(=O)C(=C(O)c2ccccc2)[C@H]1c1ccc(F)cc1. The maximum absolute atomic E-state index is 13.4. The molecule has 2 aromatic rings. The molecule has 1 atom stereocenters. The first kappa shape index (κ1) is 19.3. The molecule has 3 rings (SSSR count). The number of benzene rings is 2. The van der Waals surface area contributed by atoms with Crippen molar-refractivity contribution in [3.63, 3.8) is 0 Å². The van der Waals surface area contributed by atoms with Crippen LogP contribution in [0.3, 0.4) is 0 Å². The van der Waals surface area contributed by atoms with Gasteiger partial charge in [-0.1, -0.05) is 42.5 Å². The first-order valence-corrected chi connectivity index (χ1v) is 8.71. The number of amides is 1. The van der Waals surface area contributed by atoms with Crippen LogP contribution in [-0.4, -0.2) is 39.3 Å². The Morgan fingerprint density at radius 1 is 1.00 bits per heavy atom. The molecule has 0 aliphatic carbocycles. The number of aliphatic hydroxyl groups is 1. The summed E-state index contributed by atoms with van der Waals surface area (Å²) >= 11 is 0. The second-order valence-corrected chi connectivity index (χ2v) is 6.41. The minimum absolute atomic E-state index is 0.0183.